The van der Waals surface area contributed by atoms with Crippen LogP contribution in [-0.4, -0.2) is 81.0 Å². The van der Waals surface area contributed by atoms with Crippen molar-refractivity contribution in [2.45, 2.75) is 0 Å². The Morgan fingerprint density at radius 2 is 1.85 bits per heavy atom. The van der Waals surface area contributed by atoms with E-state index in [1.807, 2.05) is 24.3 Å². The fourth-order valence-corrected chi connectivity index (χ4v) is 4.57. The second-order valence-corrected chi connectivity index (χ2v) is 11.3. The monoisotopic (exact) mass is 552 g/mol. The van der Waals surface area contributed by atoms with Crippen LogP contribution < -0.4 is 25.0 Å². The third-order valence-corrected chi connectivity index (χ3v) is 7.01. The standard InChI is InChI=1S/C27H32N6O5S/c1-4-25(34)29-21-6-5-7-23(18-21)38-26-24(37-2)19-28-27(31-26)30-20-8-10-22(11-9-20)33-14-12-32(13-15-33)16-17-39(3,35)36/h4-11,18-19H,1,12-17H2,2-3H3,(H,29,34)(H,28,30,31). The number of aromatic nitrogens is 2. The van der Waals surface area contributed by atoms with Crippen LogP contribution in [0, 0.1) is 0 Å². The Balaban J connectivity index is 1.38. The number of hydrogen-bond acceptors (Lipinski definition) is 10. The molecule has 4 rings (SSSR count). The highest BCUT2D eigenvalue weighted by atomic mass is 32.2. The number of nitrogens with zero attached hydrogens (tertiary/aromatic N) is 4. The molecule has 0 saturated carbocycles. The van der Waals surface area contributed by atoms with Crippen LogP contribution in [0.4, 0.5) is 23.0 Å². The van der Waals surface area contributed by atoms with E-state index in [-0.39, 0.29) is 17.5 Å². The van der Waals surface area contributed by atoms with Crippen LogP contribution in [0.1, 0.15) is 0 Å². The lowest BCUT2D eigenvalue weighted by atomic mass is 10.2. The minimum atomic E-state index is -2.95. The molecule has 2 aromatic carbocycles. The van der Waals surface area contributed by atoms with Gasteiger partial charge in [-0.15, -0.1) is 0 Å². The van der Waals surface area contributed by atoms with Gasteiger partial charge in [-0.2, -0.15) is 4.98 Å². The normalized spacial score (nSPS) is 13.9. The molecule has 1 aromatic heterocycles. The predicted octanol–water partition coefficient (Wildman–Crippen LogP) is 3.31. The van der Waals surface area contributed by atoms with E-state index < -0.39 is 9.84 Å². The molecule has 1 saturated heterocycles. The van der Waals surface area contributed by atoms with E-state index in [9.17, 15) is 13.2 Å². The van der Waals surface area contributed by atoms with Gasteiger partial charge < -0.3 is 25.0 Å². The first-order chi connectivity index (χ1) is 18.7. The molecule has 39 heavy (non-hydrogen) atoms. The Morgan fingerprint density at radius 1 is 1.10 bits per heavy atom. The Kier molecular flexibility index (Phi) is 8.99. The smallest absolute Gasteiger partial charge is 0.267 e. The van der Waals surface area contributed by atoms with E-state index in [1.165, 1.54) is 25.6 Å². The average molecular weight is 553 g/mol. The molecule has 0 radical (unpaired) electrons. The maximum Gasteiger partial charge on any atom is 0.267 e. The van der Waals surface area contributed by atoms with Crippen molar-refractivity contribution in [1.82, 2.24) is 14.9 Å². The summed E-state index contributed by atoms with van der Waals surface area (Å²) < 4.78 is 34.2. The Labute approximate surface area is 228 Å². The van der Waals surface area contributed by atoms with Crippen LogP contribution in [0.3, 0.4) is 0 Å². The van der Waals surface area contributed by atoms with Gasteiger partial charge in [-0.25, -0.2) is 13.4 Å². The Hall–Kier alpha value is -4.16. The van der Waals surface area contributed by atoms with E-state index in [2.05, 4.69) is 37.0 Å². The van der Waals surface area contributed by atoms with Crippen LogP contribution in [0.2, 0.25) is 0 Å². The zero-order chi connectivity index (χ0) is 27.8. The van der Waals surface area contributed by atoms with Crippen molar-refractivity contribution in [3.63, 3.8) is 0 Å². The molecule has 0 spiro atoms. The number of carbonyl (C=O) groups is 1. The van der Waals surface area contributed by atoms with Crippen molar-refractivity contribution in [3.05, 3.63) is 67.4 Å². The van der Waals surface area contributed by atoms with E-state index in [0.717, 1.165) is 37.6 Å². The second kappa shape index (κ2) is 12.6. The highest BCUT2D eigenvalue weighted by molar-refractivity contribution is 7.90. The minimum Gasteiger partial charge on any atom is -0.490 e. The number of sulfone groups is 1. The highest BCUT2D eigenvalue weighted by Gasteiger charge is 2.18. The van der Waals surface area contributed by atoms with Gasteiger partial charge in [-0.05, 0) is 42.5 Å². The number of hydrogen-bond donors (Lipinski definition) is 2. The number of anilines is 4. The summed E-state index contributed by atoms with van der Waals surface area (Å²) in [5.41, 5.74) is 2.45. The lowest BCUT2D eigenvalue weighted by Crippen LogP contribution is -2.47. The van der Waals surface area contributed by atoms with Crippen LogP contribution in [0.15, 0.2) is 67.4 Å². The van der Waals surface area contributed by atoms with Gasteiger partial charge in [0.15, 0.2) is 5.75 Å². The van der Waals surface area contributed by atoms with Gasteiger partial charge in [-0.1, -0.05) is 12.6 Å². The van der Waals surface area contributed by atoms with Crippen LogP contribution in [0.5, 0.6) is 17.4 Å². The fraction of sp³-hybridized carbons (Fsp3) is 0.296. The number of amides is 1. The van der Waals surface area contributed by atoms with E-state index in [0.29, 0.717) is 29.7 Å². The number of benzene rings is 2. The van der Waals surface area contributed by atoms with Crippen molar-refractivity contribution < 1.29 is 22.7 Å². The van der Waals surface area contributed by atoms with Crippen molar-refractivity contribution in [2.75, 3.05) is 67.4 Å². The summed E-state index contributed by atoms with van der Waals surface area (Å²) >= 11 is 0. The van der Waals surface area contributed by atoms with Gasteiger partial charge in [0.25, 0.3) is 5.88 Å². The predicted molar refractivity (Wildman–Crippen MR) is 152 cm³/mol. The molecule has 2 N–H and O–H groups in total. The van der Waals surface area contributed by atoms with Gasteiger partial charge >= 0.3 is 0 Å². The molecule has 11 nitrogen and oxygen atoms in total. The zero-order valence-electron chi connectivity index (χ0n) is 22.0. The van der Waals surface area contributed by atoms with Gasteiger partial charge in [0, 0.05) is 62.1 Å². The molecule has 2 heterocycles. The zero-order valence-corrected chi connectivity index (χ0v) is 22.8. The number of nitrogens with one attached hydrogen (secondary N) is 2. The summed E-state index contributed by atoms with van der Waals surface area (Å²) in [6.07, 6.45) is 3.98. The SMILES string of the molecule is C=CC(=O)Nc1cccc(Oc2nc(Nc3ccc(N4CCN(CCS(C)(=O)=O)CC4)cc3)ncc2OC)c1. The number of carbonyl (C=O) groups excluding carboxylic acids is 1. The van der Waals surface area contributed by atoms with Gasteiger partial charge in [0.1, 0.15) is 15.6 Å². The molecule has 12 heteroatoms. The summed E-state index contributed by atoms with van der Waals surface area (Å²) in [5, 5.41) is 5.88. The molecule has 0 atom stereocenters. The van der Waals surface area contributed by atoms with Gasteiger partial charge in [-0.3, -0.25) is 9.69 Å². The maximum atomic E-state index is 11.6. The minimum absolute atomic E-state index is 0.188. The number of rotatable bonds is 11. The average Bonchev–Trinajstić information content (AvgIpc) is 2.92. The molecule has 1 aliphatic heterocycles. The largest absolute Gasteiger partial charge is 0.490 e. The van der Waals surface area contributed by atoms with Crippen LogP contribution >= 0.6 is 0 Å². The number of ether oxygens (including phenoxy) is 2. The molecule has 0 unspecified atom stereocenters. The summed E-state index contributed by atoms with van der Waals surface area (Å²) in [6.45, 7) is 7.33. The molecule has 1 fully saturated rings. The topological polar surface area (TPSA) is 126 Å². The number of methoxy groups -OCH3 is 1. The molecule has 1 aliphatic rings. The van der Waals surface area contributed by atoms with Crippen LogP contribution in [-0.2, 0) is 14.6 Å². The summed E-state index contributed by atoms with van der Waals surface area (Å²) in [6, 6.07) is 14.8. The second-order valence-electron chi connectivity index (χ2n) is 9.02. The van der Waals surface area contributed by atoms with Crippen molar-refractivity contribution in [2.24, 2.45) is 0 Å². The van der Waals surface area contributed by atoms with E-state index >= 15 is 0 Å². The van der Waals surface area contributed by atoms with Gasteiger partial charge in [0.2, 0.25) is 11.9 Å². The lowest BCUT2D eigenvalue weighted by Gasteiger charge is -2.36. The molecular weight excluding hydrogens is 520 g/mol. The van der Waals surface area contributed by atoms with Crippen molar-refractivity contribution >= 4 is 38.8 Å². The maximum absolute atomic E-state index is 11.6. The molecule has 0 bridgehead atoms. The first-order valence-corrected chi connectivity index (χ1v) is 14.4. The molecule has 0 aliphatic carbocycles. The first kappa shape index (κ1) is 27.9. The quantitative estimate of drug-likeness (QED) is 0.342. The van der Waals surface area contributed by atoms with E-state index in [1.54, 1.807) is 24.3 Å². The lowest BCUT2D eigenvalue weighted by molar-refractivity contribution is -0.111. The molecular formula is C27H32N6O5S. The number of piperazine rings is 1. The Morgan fingerprint density at radius 3 is 2.51 bits per heavy atom. The van der Waals surface area contributed by atoms with Crippen molar-refractivity contribution in [3.8, 4) is 17.4 Å². The summed E-state index contributed by atoms with van der Waals surface area (Å²) in [5.74, 6) is 1.22. The van der Waals surface area contributed by atoms with Crippen LogP contribution in [0.25, 0.3) is 0 Å². The third kappa shape index (κ3) is 8.16. The van der Waals surface area contributed by atoms with Gasteiger partial charge in [0.05, 0.1) is 19.1 Å². The third-order valence-electron chi connectivity index (χ3n) is 6.08. The highest BCUT2D eigenvalue weighted by Crippen LogP contribution is 2.31. The molecule has 206 valence electrons. The Bertz CT molecular complexity index is 1410. The van der Waals surface area contributed by atoms with Crippen molar-refractivity contribution in [1.29, 1.82) is 0 Å². The first-order valence-electron chi connectivity index (χ1n) is 12.4. The molecule has 3 aromatic rings. The summed E-state index contributed by atoms with van der Waals surface area (Å²) in [4.78, 5) is 24.8. The van der Waals surface area contributed by atoms with E-state index in [4.69, 9.17) is 9.47 Å². The fourth-order valence-electron chi connectivity index (χ4n) is 3.98. The molecule has 1 amide bonds. The summed E-state index contributed by atoms with van der Waals surface area (Å²) in [7, 11) is -1.45.